The summed E-state index contributed by atoms with van der Waals surface area (Å²) in [5.74, 6) is 0.332. The molecule has 60 valence electrons. The third-order valence-corrected chi connectivity index (χ3v) is 2.44. The highest BCUT2D eigenvalue weighted by Crippen LogP contribution is 2.25. The molecule has 0 radical (unpaired) electrons. The lowest BCUT2D eigenvalue weighted by Gasteiger charge is -2.16. The minimum atomic E-state index is 0.332. The molecule has 2 aliphatic rings. The molecule has 1 fully saturated rings. The van der Waals surface area contributed by atoms with Crippen LogP contribution in [0, 0.1) is 0 Å². The summed E-state index contributed by atoms with van der Waals surface area (Å²) in [6.45, 7) is 0.963. The second-order valence-corrected chi connectivity index (χ2v) is 3.24. The SMILES string of the molecule is O=C1CCCN1C1=CCCC1. The minimum Gasteiger partial charge on any atom is -0.317 e. The summed E-state index contributed by atoms with van der Waals surface area (Å²) in [6, 6.07) is 0. The monoisotopic (exact) mass is 151 g/mol. The van der Waals surface area contributed by atoms with E-state index in [1.807, 2.05) is 4.90 Å². The van der Waals surface area contributed by atoms with Gasteiger partial charge in [0.2, 0.25) is 5.91 Å². The van der Waals surface area contributed by atoms with Gasteiger partial charge in [-0.25, -0.2) is 0 Å². The highest BCUT2D eigenvalue weighted by atomic mass is 16.2. The molecule has 0 atom stereocenters. The molecule has 0 aromatic rings. The summed E-state index contributed by atoms with van der Waals surface area (Å²) in [5, 5.41) is 0. The summed E-state index contributed by atoms with van der Waals surface area (Å²) >= 11 is 0. The lowest BCUT2D eigenvalue weighted by atomic mass is 10.3. The van der Waals surface area contributed by atoms with Gasteiger partial charge in [-0.3, -0.25) is 4.79 Å². The van der Waals surface area contributed by atoms with Crippen molar-refractivity contribution >= 4 is 5.91 Å². The van der Waals surface area contributed by atoms with Crippen LogP contribution in [0.2, 0.25) is 0 Å². The highest BCUT2D eigenvalue weighted by Gasteiger charge is 2.24. The fourth-order valence-corrected chi connectivity index (χ4v) is 1.85. The van der Waals surface area contributed by atoms with Crippen molar-refractivity contribution in [1.29, 1.82) is 0 Å². The first-order chi connectivity index (χ1) is 5.38. The Balaban J connectivity index is 2.08. The van der Waals surface area contributed by atoms with E-state index in [0.717, 1.165) is 25.8 Å². The Hall–Kier alpha value is -0.790. The van der Waals surface area contributed by atoms with Crippen molar-refractivity contribution in [2.24, 2.45) is 0 Å². The third kappa shape index (κ3) is 1.17. The van der Waals surface area contributed by atoms with Gasteiger partial charge in [0.05, 0.1) is 0 Å². The van der Waals surface area contributed by atoms with Gasteiger partial charge in [-0.2, -0.15) is 0 Å². The highest BCUT2D eigenvalue weighted by molar-refractivity contribution is 5.80. The van der Waals surface area contributed by atoms with Gasteiger partial charge in [-0.15, -0.1) is 0 Å². The van der Waals surface area contributed by atoms with Crippen LogP contribution in [0.4, 0.5) is 0 Å². The van der Waals surface area contributed by atoms with Gasteiger partial charge in [0.25, 0.3) is 0 Å². The van der Waals surface area contributed by atoms with Gasteiger partial charge in [0.1, 0.15) is 0 Å². The van der Waals surface area contributed by atoms with Crippen LogP contribution in [-0.4, -0.2) is 17.4 Å². The summed E-state index contributed by atoms with van der Waals surface area (Å²) in [6.07, 6.45) is 7.54. The first-order valence-corrected chi connectivity index (χ1v) is 4.37. The van der Waals surface area contributed by atoms with Crippen LogP contribution in [0.15, 0.2) is 11.8 Å². The van der Waals surface area contributed by atoms with Gasteiger partial charge in [-0.05, 0) is 25.7 Å². The molecule has 0 spiro atoms. The normalized spacial score (nSPS) is 24.5. The predicted molar refractivity (Wildman–Crippen MR) is 42.9 cm³/mol. The number of allylic oxidation sites excluding steroid dienone is 2. The summed E-state index contributed by atoms with van der Waals surface area (Å²) in [5.41, 5.74) is 1.28. The summed E-state index contributed by atoms with van der Waals surface area (Å²) in [7, 11) is 0. The zero-order valence-corrected chi connectivity index (χ0v) is 6.68. The van der Waals surface area contributed by atoms with Crippen LogP contribution < -0.4 is 0 Å². The van der Waals surface area contributed by atoms with Crippen molar-refractivity contribution in [3.05, 3.63) is 11.8 Å². The van der Waals surface area contributed by atoms with Gasteiger partial charge < -0.3 is 4.90 Å². The molecule has 1 aliphatic carbocycles. The molecule has 1 amide bonds. The molecular weight excluding hydrogens is 138 g/mol. The first-order valence-electron chi connectivity index (χ1n) is 4.37. The largest absolute Gasteiger partial charge is 0.317 e. The third-order valence-electron chi connectivity index (χ3n) is 2.44. The van der Waals surface area contributed by atoms with E-state index in [-0.39, 0.29) is 0 Å². The van der Waals surface area contributed by atoms with Crippen molar-refractivity contribution in [2.45, 2.75) is 32.1 Å². The maximum atomic E-state index is 11.2. The predicted octanol–water partition coefficient (Wildman–Crippen LogP) is 1.68. The van der Waals surface area contributed by atoms with Gasteiger partial charge >= 0.3 is 0 Å². The Bertz CT molecular complexity index is 208. The number of rotatable bonds is 1. The molecule has 0 aromatic heterocycles. The van der Waals surface area contributed by atoms with Crippen LogP contribution >= 0.6 is 0 Å². The second kappa shape index (κ2) is 2.68. The van der Waals surface area contributed by atoms with E-state index >= 15 is 0 Å². The van der Waals surface area contributed by atoms with Crippen molar-refractivity contribution in [3.63, 3.8) is 0 Å². The summed E-state index contributed by atoms with van der Waals surface area (Å²) in [4.78, 5) is 13.2. The molecule has 0 saturated carbocycles. The van der Waals surface area contributed by atoms with E-state index in [0.29, 0.717) is 5.91 Å². The smallest absolute Gasteiger partial charge is 0.226 e. The minimum absolute atomic E-state index is 0.332. The van der Waals surface area contributed by atoms with Gasteiger partial charge in [0, 0.05) is 18.7 Å². The average molecular weight is 151 g/mol. The van der Waals surface area contributed by atoms with Crippen LogP contribution in [0.3, 0.4) is 0 Å². The zero-order chi connectivity index (χ0) is 7.68. The fourth-order valence-electron chi connectivity index (χ4n) is 1.85. The fraction of sp³-hybridized carbons (Fsp3) is 0.667. The number of hydrogen-bond donors (Lipinski definition) is 0. The topological polar surface area (TPSA) is 20.3 Å². The van der Waals surface area contributed by atoms with E-state index in [1.54, 1.807) is 0 Å². The Labute approximate surface area is 66.9 Å². The average Bonchev–Trinajstić information content (AvgIpc) is 2.55. The van der Waals surface area contributed by atoms with Crippen LogP contribution in [0.1, 0.15) is 32.1 Å². The standard InChI is InChI=1S/C9H13NO/c11-9-6-3-7-10(9)8-4-1-2-5-8/h4H,1-3,5-7H2. The number of carbonyl (C=O) groups is 1. The Morgan fingerprint density at radius 1 is 1.27 bits per heavy atom. The van der Waals surface area contributed by atoms with Crippen molar-refractivity contribution in [1.82, 2.24) is 4.90 Å². The summed E-state index contributed by atoms with van der Waals surface area (Å²) < 4.78 is 0. The number of carbonyl (C=O) groups excluding carboxylic acids is 1. The lowest BCUT2D eigenvalue weighted by Crippen LogP contribution is -2.22. The molecule has 0 aromatic carbocycles. The number of hydrogen-bond acceptors (Lipinski definition) is 1. The number of amides is 1. The molecule has 0 bridgehead atoms. The molecule has 2 nitrogen and oxygen atoms in total. The van der Waals surface area contributed by atoms with Crippen molar-refractivity contribution in [2.75, 3.05) is 6.54 Å². The molecule has 2 heteroatoms. The van der Waals surface area contributed by atoms with Crippen molar-refractivity contribution < 1.29 is 4.79 Å². The molecule has 11 heavy (non-hydrogen) atoms. The Morgan fingerprint density at radius 3 is 2.73 bits per heavy atom. The van der Waals surface area contributed by atoms with E-state index in [4.69, 9.17) is 0 Å². The molecule has 1 saturated heterocycles. The van der Waals surface area contributed by atoms with Crippen molar-refractivity contribution in [3.8, 4) is 0 Å². The van der Waals surface area contributed by atoms with Crippen LogP contribution in [0.5, 0.6) is 0 Å². The lowest BCUT2D eigenvalue weighted by molar-refractivity contribution is -0.126. The molecule has 1 heterocycles. The second-order valence-electron chi connectivity index (χ2n) is 3.24. The van der Waals surface area contributed by atoms with Crippen LogP contribution in [0.25, 0.3) is 0 Å². The van der Waals surface area contributed by atoms with Crippen LogP contribution in [-0.2, 0) is 4.79 Å². The quantitative estimate of drug-likeness (QED) is 0.558. The molecular formula is C9H13NO. The maximum Gasteiger partial charge on any atom is 0.226 e. The zero-order valence-electron chi connectivity index (χ0n) is 6.68. The Kier molecular flexibility index (Phi) is 1.68. The first kappa shape index (κ1) is 6.89. The molecule has 0 unspecified atom stereocenters. The van der Waals surface area contributed by atoms with E-state index in [9.17, 15) is 4.79 Å². The number of nitrogens with zero attached hydrogens (tertiary/aromatic N) is 1. The molecule has 0 N–H and O–H groups in total. The van der Waals surface area contributed by atoms with E-state index < -0.39 is 0 Å². The van der Waals surface area contributed by atoms with E-state index in [2.05, 4.69) is 6.08 Å². The maximum absolute atomic E-state index is 11.2. The molecule has 1 aliphatic heterocycles. The van der Waals surface area contributed by atoms with Gasteiger partial charge in [0.15, 0.2) is 0 Å². The van der Waals surface area contributed by atoms with E-state index in [1.165, 1.54) is 18.5 Å². The Morgan fingerprint density at radius 2 is 2.18 bits per heavy atom. The molecule has 2 rings (SSSR count). The number of likely N-dealkylation sites (tertiary alicyclic amines) is 1. The van der Waals surface area contributed by atoms with Gasteiger partial charge in [-0.1, -0.05) is 6.08 Å².